The summed E-state index contributed by atoms with van der Waals surface area (Å²) in [5.74, 6) is -1.88. The molecule has 160 valence electrons. The van der Waals surface area contributed by atoms with Gasteiger partial charge >= 0.3 is 12.1 Å². The van der Waals surface area contributed by atoms with Gasteiger partial charge < -0.3 is 25.4 Å². The molecular formula is C20H29N3O6. The molecule has 9 heteroatoms. The summed E-state index contributed by atoms with van der Waals surface area (Å²) in [5.41, 5.74) is 0.820. The number of rotatable bonds is 10. The third kappa shape index (κ3) is 9.09. The van der Waals surface area contributed by atoms with E-state index in [0.717, 1.165) is 5.56 Å². The summed E-state index contributed by atoms with van der Waals surface area (Å²) in [4.78, 5) is 47.9. The smallest absolute Gasteiger partial charge is 0.408 e. The number of hydrogen-bond donors (Lipinski definition) is 3. The Kier molecular flexibility index (Phi) is 10.2. The molecule has 0 spiro atoms. The van der Waals surface area contributed by atoms with Crippen LogP contribution in [0.1, 0.15) is 33.3 Å². The summed E-state index contributed by atoms with van der Waals surface area (Å²) in [6.45, 7) is 6.65. The molecule has 0 aromatic heterocycles. The van der Waals surface area contributed by atoms with Crippen molar-refractivity contribution in [2.45, 2.75) is 46.4 Å². The van der Waals surface area contributed by atoms with Crippen LogP contribution in [0.2, 0.25) is 0 Å². The van der Waals surface area contributed by atoms with Gasteiger partial charge in [0.1, 0.15) is 25.2 Å². The monoisotopic (exact) mass is 407 g/mol. The Morgan fingerprint density at radius 2 is 1.59 bits per heavy atom. The van der Waals surface area contributed by atoms with Crippen LogP contribution < -0.4 is 16.0 Å². The number of esters is 1. The van der Waals surface area contributed by atoms with Crippen molar-refractivity contribution in [3.63, 3.8) is 0 Å². The van der Waals surface area contributed by atoms with E-state index in [4.69, 9.17) is 9.47 Å². The fraction of sp³-hybridized carbons (Fsp3) is 0.500. The summed E-state index contributed by atoms with van der Waals surface area (Å²) in [7, 11) is 0. The summed E-state index contributed by atoms with van der Waals surface area (Å²) in [6, 6.07) is 7.35. The molecule has 0 heterocycles. The number of amides is 3. The van der Waals surface area contributed by atoms with Crippen molar-refractivity contribution >= 4 is 23.9 Å². The van der Waals surface area contributed by atoms with Crippen LogP contribution in [0.4, 0.5) is 4.79 Å². The van der Waals surface area contributed by atoms with Crippen LogP contribution in [0, 0.1) is 5.92 Å². The lowest BCUT2D eigenvalue weighted by atomic mass is 10.0. The molecule has 0 bridgehead atoms. The Bertz CT molecular complexity index is 693. The molecule has 3 amide bonds. The van der Waals surface area contributed by atoms with Crippen LogP contribution in [-0.4, -0.2) is 49.1 Å². The van der Waals surface area contributed by atoms with E-state index in [-0.39, 0.29) is 25.7 Å². The van der Waals surface area contributed by atoms with E-state index in [1.165, 1.54) is 6.92 Å². The zero-order chi connectivity index (χ0) is 21.8. The molecule has 1 aromatic carbocycles. The SMILES string of the molecule is CCOC(=O)CNC(=O)[C@@H](C)NC(=O)[C@@H](NC(=O)OCc1ccccc1)C(C)C. The van der Waals surface area contributed by atoms with Gasteiger partial charge in [-0.15, -0.1) is 0 Å². The first-order valence-corrected chi connectivity index (χ1v) is 9.45. The molecular weight excluding hydrogens is 378 g/mol. The number of alkyl carbamates (subject to hydrolysis) is 1. The van der Waals surface area contributed by atoms with Crippen molar-refractivity contribution in [1.82, 2.24) is 16.0 Å². The highest BCUT2D eigenvalue weighted by atomic mass is 16.5. The van der Waals surface area contributed by atoms with E-state index in [1.54, 1.807) is 20.8 Å². The van der Waals surface area contributed by atoms with Gasteiger partial charge in [0.25, 0.3) is 0 Å². The van der Waals surface area contributed by atoms with Crippen LogP contribution in [0.15, 0.2) is 30.3 Å². The summed E-state index contributed by atoms with van der Waals surface area (Å²) in [6.07, 6.45) is -0.734. The van der Waals surface area contributed by atoms with Crippen molar-refractivity contribution in [3.05, 3.63) is 35.9 Å². The van der Waals surface area contributed by atoms with Gasteiger partial charge in [-0.05, 0) is 25.3 Å². The Labute approximate surface area is 170 Å². The second kappa shape index (κ2) is 12.4. The lowest BCUT2D eigenvalue weighted by Gasteiger charge is -2.23. The fourth-order valence-electron chi connectivity index (χ4n) is 2.32. The predicted molar refractivity (Wildman–Crippen MR) is 106 cm³/mol. The van der Waals surface area contributed by atoms with Crippen molar-refractivity contribution in [2.24, 2.45) is 5.92 Å². The maximum Gasteiger partial charge on any atom is 0.408 e. The standard InChI is InChI=1S/C20H29N3O6/c1-5-28-16(24)11-21-18(25)14(4)22-19(26)17(13(2)3)23-20(27)29-12-15-9-7-6-8-10-15/h6-10,13-14,17H,5,11-12H2,1-4H3,(H,21,25)(H,22,26)(H,23,27)/t14-,17+/m1/s1. The number of benzene rings is 1. The van der Waals surface area contributed by atoms with Gasteiger partial charge in [0, 0.05) is 0 Å². The molecule has 0 fully saturated rings. The first kappa shape index (κ1) is 23.9. The Morgan fingerprint density at radius 3 is 2.17 bits per heavy atom. The second-order valence-corrected chi connectivity index (χ2v) is 6.68. The molecule has 0 saturated heterocycles. The zero-order valence-electron chi connectivity index (χ0n) is 17.2. The summed E-state index contributed by atoms with van der Waals surface area (Å²) >= 11 is 0. The van der Waals surface area contributed by atoms with E-state index >= 15 is 0 Å². The number of ether oxygens (including phenoxy) is 2. The number of carbonyl (C=O) groups is 4. The van der Waals surface area contributed by atoms with Crippen LogP contribution in [0.3, 0.4) is 0 Å². The number of carbonyl (C=O) groups excluding carboxylic acids is 4. The Balaban J connectivity index is 2.52. The highest BCUT2D eigenvalue weighted by Gasteiger charge is 2.27. The van der Waals surface area contributed by atoms with Crippen molar-refractivity contribution in [1.29, 1.82) is 0 Å². The summed E-state index contributed by atoms with van der Waals surface area (Å²) in [5, 5.41) is 7.42. The topological polar surface area (TPSA) is 123 Å². The van der Waals surface area contributed by atoms with Gasteiger partial charge in [0.15, 0.2) is 0 Å². The molecule has 0 saturated carbocycles. The molecule has 1 rings (SSSR count). The van der Waals surface area contributed by atoms with Gasteiger partial charge in [-0.1, -0.05) is 44.2 Å². The van der Waals surface area contributed by atoms with E-state index in [9.17, 15) is 19.2 Å². The normalized spacial score (nSPS) is 12.4. The molecule has 0 aliphatic rings. The predicted octanol–water partition coefficient (Wildman–Crippen LogP) is 1.12. The molecule has 1 aromatic rings. The van der Waals surface area contributed by atoms with E-state index in [1.807, 2.05) is 30.3 Å². The maximum atomic E-state index is 12.5. The Morgan fingerprint density at radius 1 is 0.931 bits per heavy atom. The molecule has 0 aliphatic carbocycles. The fourth-order valence-corrected chi connectivity index (χ4v) is 2.32. The molecule has 0 aliphatic heterocycles. The van der Waals surface area contributed by atoms with Crippen molar-refractivity contribution in [2.75, 3.05) is 13.2 Å². The summed E-state index contributed by atoms with van der Waals surface area (Å²) < 4.78 is 9.86. The van der Waals surface area contributed by atoms with Crippen LogP contribution in [0.25, 0.3) is 0 Å². The first-order valence-electron chi connectivity index (χ1n) is 9.45. The molecule has 3 N–H and O–H groups in total. The van der Waals surface area contributed by atoms with Crippen LogP contribution >= 0.6 is 0 Å². The third-order valence-corrected chi connectivity index (χ3v) is 3.90. The molecule has 2 atom stereocenters. The second-order valence-electron chi connectivity index (χ2n) is 6.68. The number of nitrogens with one attached hydrogen (secondary N) is 3. The van der Waals surface area contributed by atoms with Crippen molar-refractivity contribution < 1.29 is 28.7 Å². The van der Waals surface area contributed by atoms with E-state index in [2.05, 4.69) is 16.0 Å². The average Bonchev–Trinajstić information content (AvgIpc) is 2.69. The van der Waals surface area contributed by atoms with Crippen LogP contribution in [0.5, 0.6) is 0 Å². The molecule has 0 radical (unpaired) electrons. The first-order chi connectivity index (χ1) is 13.7. The van der Waals surface area contributed by atoms with E-state index < -0.39 is 36.0 Å². The maximum absolute atomic E-state index is 12.5. The minimum Gasteiger partial charge on any atom is -0.465 e. The quantitative estimate of drug-likeness (QED) is 0.500. The Hall–Kier alpha value is -3.10. The molecule has 9 nitrogen and oxygen atoms in total. The highest BCUT2D eigenvalue weighted by molar-refractivity contribution is 5.92. The minimum atomic E-state index is -0.902. The molecule has 0 unspecified atom stereocenters. The minimum absolute atomic E-state index is 0.0752. The van der Waals surface area contributed by atoms with Gasteiger partial charge in [-0.2, -0.15) is 0 Å². The van der Waals surface area contributed by atoms with Gasteiger partial charge in [-0.3, -0.25) is 14.4 Å². The lowest BCUT2D eigenvalue weighted by Crippen LogP contribution is -2.54. The largest absolute Gasteiger partial charge is 0.465 e. The van der Waals surface area contributed by atoms with Crippen LogP contribution in [-0.2, 0) is 30.5 Å². The zero-order valence-corrected chi connectivity index (χ0v) is 17.2. The molecule has 29 heavy (non-hydrogen) atoms. The van der Waals surface area contributed by atoms with Gasteiger partial charge in [0.2, 0.25) is 11.8 Å². The van der Waals surface area contributed by atoms with Gasteiger partial charge in [0.05, 0.1) is 6.61 Å². The lowest BCUT2D eigenvalue weighted by molar-refractivity contribution is -0.143. The van der Waals surface area contributed by atoms with E-state index in [0.29, 0.717) is 0 Å². The average molecular weight is 407 g/mol. The number of hydrogen-bond acceptors (Lipinski definition) is 6. The third-order valence-electron chi connectivity index (χ3n) is 3.90. The highest BCUT2D eigenvalue weighted by Crippen LogP contribution is 2.05. The van der Waals surface area contributed by atoms with Crippen molar-refractivity contribution in [3.8, 4) is 0 Å². The van der Waals surface area contributed by atoms with Gasteiger partial charge in [-0.25, -0.2) is 4.79 Å².